The Morgan fingerprint density at radius 3 is 1.11 bits per heavy atom. The Hall–Kier alpha value is -0.200. The van der Waals surface area contributed by atoms with Gasteiger partial charge in [0.1, 0.15) is 0 Å². The lowest BCUT2D eigenvalue weighted by Crippen LogP contribution is -2.17. The summed E-state index contributed by atoms with van der Waals surface area (Å²) < 4.78 is 0. The zero-order valence-electron chi connectivity index (χ0n) is 11.3. The van der Waals surface area contributed by atoms with Crippen molar-refractivity contribution in [2.45, 2.75) is 69.7 Å². The van der Waals surface area contributed by atoms with Crippen molar-refractivity contribution in [3.05, 3.63) is 0 Å². The van der Waals surface area contributed by atoms with E-state index in [0.29, 0.717) is 51.6 Å². The minimum atomic E-state index is -0.440. The van der Waals surface area contributed by atoms with E-state index < -0.39 is 6.10 Å². The molecule has 0 aromatic carbocycles. The number of aliphatic hydroxyl groups excluding tert-OH is 3. The van der Waals surface area contributed by atoms with Gasteiger partial charge in [-0.1, -0.05) is 0 Å². The Kier molecular flexibility index (Phi) is 11.7. The van der Waals surface area contributed by atoms with Crippen LogP contribution >= 0.6 is 0 Å². The molecular weight excluding hydrogens is 232 g/mol. The number of nitrogens with two attached hydrogens (primary N) is 2. The fourth-order valence-corrected chi connectivity index (χ4v) is 1.91. The first-order chi connectivity index (χ1) is 8.60. The van der Waals surface area contributed by atoms with Gasteiger partial charge in [-0.05, 0) is 64.5 Å². The molecule has 0 bridgehead atoms. The molecule has 0 spiro atoms. The summed E-state index contributed by atoms with van der Waals surface area (Å²) in [5.74, 6) is 0. The Balaban J connectivity index is 3.49. The van der Waals surface area contributed by atoms with Crippen LogP contribution < -0.4 is 11.5 Å². The Morgan fingerprint density at radius 1 is 0.556 bits per heavy atom. The van der Waals surface area contributed by atoms with Crippen LogP contribution in [0.25, 0.3) is 0 Å². The minimum absolute atomic E-state index is 0.370. The highest BCUT2D eigenvalue weighted by Crippen LogP contribution is 2.13. The van der Waals surface area contributed by atoms with E-state index in [1.807, 2.05) is 0 Å². The smallest absolute Gasteiger partial charge is 0.0542 e. The maximum Gasteiger partial charge on any atom is 0.0542 e. The van der Waals surface area contributed by atoms with Crippen LogP contribution in [0.2, 0.25) is 0 Å². The molecular formula is C13H30N2O3. The van der Waals surface area contributed by atoms with Crippen molar-refractivity contribution in [3.63, 3.8) is 0 Å². The van der Waals surface area contributed by atoms with Gasteiger partial charge >= 0.3 is 0 Å². The Bertz CT molecular complexity index is 164. The lowest BCUT2D eigenvalue weighted by atomic mass is 10.0. The van der Waals surface area contributed by atoms with Crippen LogP contribution in [0.15, 0.2) is 0 Å². The van der Waals surface area contributed by atoms with E-state index in [2.05, 4.69) is 0 Å². The number of rotatable bonds is 12. The van der Waals surface area contributed by atoms with Crippen molar-refractivity contribution < 1.29 is 15.3 Å². The molecule has 5 nitrogen and oxygen atoms in total. The zero-order chi connectivity index (χ0) is 13.8. The lowest BCUT2D eigenvalue weighted by Gasteiger charge is -2.16. The summed E-state index contributed by atoms with van der Waals surface area (Å²) >= 11 is 0. The second kappa shape index (κ2) is 11.9. The summed E-state index contributed by atoms with van der Waals surface area (Å²) in [6.45, 7) is 1.18. The average molecular weight is 262 g/mol. The van der Waals surface area contributed by atoms with Crippen LogP contribution in [0.4, 0.5) is 0 Å². The van der Waals surface area contributed by atoms with Gasteiger partial charge in [0.15, 0.2) is 0 Å². The topological polar surface area (TPSA) is 113 Å². The molecule has 0 aliphatic carbocycles. The molecule has 7 N–H and O–H groups in total. The first kappa shape index (κ1) is 17.8. The Labute approximate surface area is 110 Å². The highest BCUT2D eigenvalue weighted by atomic mass is 16.3. The Morgan fingerprint density at radius 2 is 0.833 bits per heavy atom. The van der Waals surface area contributed by atoms with Gasteiger partial charge in [-0.15, -0.1) is 0 Å². The monoisotopic (exact) mass is 262 g/mol. The van der Waals surface area contributed by atoms with E-state index in [1.54, 1.807) is 0 Å². The zero-order valence-corrected chi connectivity index (χ0v) is 11.3. The lowest BCUT2D eigenvalue weighted by molar-refractivity contribution is 0.0831. The summed E-state index contributed by atoms with van der Waals surface area (Å²) in [6.07, 6.45) is 4.19. The summed E-state index contributed by atoms with van der Waals surface area (Å²) in [7, 11) is 0. The molecule has 0 saturated carbocycles. The summed E-state index contributed by atoms with van der Waals surface area (Å²) in [5, 5.41) is 28.9. The highest BCUT2D eigenvalue weighted by molar-refractivity contribution is 4.65. The van der Waals surface area contributed by atoms with Crippen molar-refractivity contribution >= 4 is 0 Å². The van der Waals surface area contributed by atoms with E-state index >= 15 is 0 Å². The first-order valence-electron chi connectivity index (χ1n) is 7.04. The summed E-state index contributed by atoms with van der Waals surface area (Å²) in [4.78, 5) is 0. The van der Waals surface area contributed by atoms with Crippen molar-refractivity contribution in [2.24, 2.45) is 11.5 Å². The summed E-state index contributed by atoms with van der Waals surface area (Å²) in [5.41, 5.74) is 10.7. The molecule has 0 aliphatic heterocycles. The molecule has 2 unspecified atom stereocenters. The van der Waals surface area contributed by atoms with Crippen molar-refractivity contribution in [1.82, 2.24) is 0 Å². The first-order valence-corrected chi connectivity index (χ1v) is 7.04. The molecule has 0 aromatic rings. The fraction of sp³-hybridized carbons (Fsp3) is 1.00. The molecule has 18 heavy (non-hydrogen) atoms. The molecule has 0 aromatic heterocycles. The SMILES string of the molecule is NCCCC(O)CCC(O)CCC(O)CCCN. The molecule has 0 heterocycles. The van der Waals surface area contributed by atoms with Crippen LogP contribution in [0.1, 0.15) is 51.4 Å². The van der Waals surface area contributed by atoms with Gasteiger partial charge in [-0.3, -0.25) is 0 Å². The van der Waals surface area contributed by atoms with Gasteiger partial charge in [-0.25, -0.2) is 0 Å². The molecule has 0 aliphatic rings. The average Bonchev–Trinajstić information content (AvgIpc) is 2.37. The molecule has 0 rings (SSSR count). The molecule has 0 amide bonds. The third-order valence-electron chi connectivity index (χ3n) is 3.15. The van der Waals surface area contributed by atoms with Gasteiger partial charge < -0.3 is 26.8 Å². The largest absolute Gasteiger partial charge is 0.393 e. The third-order valence-corrected chi connectivity index (χ3v) is 3.15. The quantitative estimate of drug-likeness (QED) is 0.342. The van der Waals surface area contributed by atoms with E-state index in [0.717, 1.165) is 12.8 Å². The summed E-state index contributed by atoms with van der Waals surface area (Å²) in [6, 6.07) is 0. The second-order valence-corrected chi connectivity index (χ2v) is 4.98. The molecule has 2 atom stereocenters. The number of aliphatic hydroxyl groups is 3. The van der Waals surface area contributed by atoms with E-state index in [9.17, 15) is 15.3 Å². The second-order valence-electron chi connectivity index (χ2n) is 4.98. The molecule has 0 saturated heterocycles. The van der Waals surface area contributed by atoms with Crippen LogP contribution in [-0.4, -0.2) is 46.7 Å². The van der Waals surface area contributed by atoms with Crippen molar-refractivity contribution in [3.8, 4) is 0 Å². The maximum absolute atomic E-state index is 9.73. The standard InChI is InChI=1S/C13H30N2O3/c14-9-1-3-11(16)5-7-13(18)8-6-12(17)4-2-10-15/h11-13,16-18H,1-10,14-15H2. The van der Waals surface area contributed by atoms with Gasteiger partial charge in [0.2, 0.25) is 0 Å². The van der Waals surface area contributed by atoms with Gasteiger partial charge in [0, 0.05) is 0 Å². The van der Waals surface area contributed by atoms with Crippen LogP contribution in [0.5, 0.6) is 0 Å². The van der Waals surface area contributed by atoms with Crippen molar-refractivity contribution in [1.29, 1.82) is 0 Å². The molecule has 110 valence electrons. The van der Waals surface area contributed by atoms with Gasteiger partial charge in [0.25, 0.3) is 0 Å². The van der Waals surface area contributed by atoms with E-state index in [4.69, 9.17) is 11.5 Å². The van der Waals surface area contributed by atoms with Gasteiger partial charge in [-0.2, -0.15) is 0 Å². The van der Waals surface area contributed by atoms with Gasteiger partial charge in [0.05, 0.1) is 18.3 Å². The van der Waals surface area contributed by atoms with E-state index in [1.165, 1.54) is 0 Å². The van der Waals surface area contributed by atoms with E-state index in [-0.39, 0.29) is 12.2 Å². The van der Waals surface area contributed by atoms with Crippen LogP contribution in [-0.2, 0) is 0 Å². The van der Waals surface area contributed by atoms with Crippen molar-refractivity contribution in [2.75, 3.05) is 13.1 Å². The predicted molar refractivity (Wildman–Crippen MR) is 73.1 cm³/mol. The predicted octanol–water partition coefficient (Wildman–Crippen LogP) is 0.107. The number of hydrogen-bond acceptors (Lipinski definition) is 5. The third kappa shape index (κ3) is 10.9. The molecule has 0 radical (unpaired) electrons. The fourth-order valence-electron chi connectivity index (χ4n) is 1.91. The van der Waals surface area contributed by atoms with Crippen LogP contribution in [0.3, 0.4) is 0 Å². The highest BCUT2D eigenvalue weighted by Gasteiger charge is 2.11. The maximum atomic E-state index is 9.73. The number of hydrogen-bond donors (Lipinski definition) is 5. The van der Waals surface area contributed by atoms with Crippen LogP contribution in [0, 0.1) is 0 Å². The molecule has 5 heteroatoms. The minimum Gasteiger partial charge on any atom is -0.393 e. The molecule has 0 fully saturated rings. The normalized spacial score (nSPS) is 16.5.